The van der Waals surface area contributed by atoms with Crippen molar-refractivity contribution in [3.05, 3.63) is 9.64 Å². The molecule has 0 aliphatic rings. The van der Waals surface area contributed by atoms with Crippen LogP contribution in [0.5, 0.6) is 5.88 Å². The van der Waals surface area contributed by atoms with E-state index in [4.69, 9.17) is 16.4 Å². The SMILES string of the molecule is Nc1cc(OC(F)(F)F)nc(S(=O)(=O)Cl)c1I. The molecule has 0 radical (unpaired) electrons. The Bertz CT molecular complexity index is 548. The third-order valence-electron chi connectivity index (χ3n) is 1.38. The molecule has 1 aromatic heterocycles. The van der Waals surface area contributed by atoms with Crippen LogP contribution in [0.1, 0.15) is 0 Å². The monoisotopic (exact) mass is 402 g/mol. The highest BCUT2D eigenvalue weighted by Crippen LogP contribution is 2.30. The minimum absolute atomic E-state index is 0.0767. The van der Waals surface area contributed by atoms with Crippen LogP contribution in [0.3, 0.4) is 0 Å². The molecule has 2 N–H and O–H groups in total. The largest absolute Gasteiger partial charge is 0.574 e. The van der Waals surface area contributed by atoms with Crippen molar-refractivity contribution in [2.45, 2.75) is 11.4 Å². The van der Waals surface area contributed by atoms with Gasteiger partial charge in [-0.2, -0.15) is 4.98 Å². The molecule has 1 heterocycles. The molecule has 1 rings (SSSR count). The number of hydrogen-bond donors (Lipinski definition) is 1. The fraction of sp³-hybridized carbons (Fsp3) is 0.167. The Balaban J connectivity index is 3.35. The Morgan fingerprint density at radius 2 is 2.00 bits per heavy atom. The number of halogens is 5. The molecule has 0 bridgehead atoms. The zero-order valence-corrected chi connectivity index (χ0v) is 11.4. The molecule has 1 aromatic rings. The summed E-state index contributed by atoms with van der Waals surface area (Å²) in [5, 5.41) is -0.779. The van der Waals surface area contributed by atoms with Crippen LogP contribution in [-0.4, -0.2) is 19.8 Å². The minimum atomic E-state index is -5.00. The maximum absolute atomic E-state index is 11.9. The van der Waals surface area contributed by atoms with E-state index in [1.165, 1.54) is 22.6 Å². The maximum Gasteiger partial charge on any atom is 0.574 e. The summed E-state index contributed by atoms with van der Waals surface area (Å²) in [5.41, 5.74) is 5.08. The molecule has 0 spiro atoms. The van der Waals surface area contributed by atoms with Crippen LogP contribution in [0.4, 0.5) is 18.9 Å². The van der Waals surface area contributed by atoms with Gasteiger partial charge in [-0.25, -0.2) is 8.42 Å². The summed E-state index contributed by atoms with van der Waals surface area (Å²) in [4.78, 5) is 3.14. The van der Waals surface area contributed by atoms with Crippen LogP contribution in [0.2, 0.25) is 0 Å². The molecule has 5 nitrogen and oxygen atoms in total. The van der Waals surface area contributed by atoms with Crippen molar-refractivity contribution in [3.8, 4) is 5.88 Å². The van der Waals surface area contributed by atoms with Gasteiger partial charge in [0.05, 0.1) is 9.26 Å². The predicted molar refractivity (Wildman–Crippen MR) is 61.1 cm³/mol. The molecule has 11 heteroatoms. The highest BCUT2D eigenvalue weighted by atomic mass is 127. The molecule has 0 aliphatic heterocycles. The van der Waals surface area contributed by atoms with E-state index in [-0.39, 0.29) is 9.26 Å². The van der Waals surface area contributed by atoms with Gasteiger partial charge in [-0.1, -0.05) is 0 Å². The highest BCUT2D eigenvalue weighted by Gasteiger charge is 2.33. The van der Waals surface area contributed by atoms with Gasteiger partial charge in [-0.05, 0) is 22.6 Å². The van der Waals surface area contributed by atoms with Gasteiger partial charge in [0.1, 0.15) is 0 Å². The van der Waals surface area contributed by atoms with E-state index in [2.05, 4.69) is 9.72 Å². The van der Waals surface area contributed by atoms with Crippen molar-refractivity contribution in [2.24, 2.45) is 0 Å². The van der Waals surface area contributed by atoms with Gasteiger partial charge in [0.2, 0.25) is 5.88 Å². The van der Waals surface area contributed by atoms with Crippen LogP contribution in [0.25, 0.3) is 0 Å². The maximum atomic E-state index is 11.9. The van der Waals surface area contributed by atoms with E-state index in [9.17, 15) is 21.6 Å². The molecular weight excluding hydrogens is 399 g/mol. The van der Waals surface area contributed by atoms with Crippen molar-refractivity contribution in [2.75, 3.05) is 5.73 Å². The normalized spacial score (nSPS) is 12.5. The molecule has 0 aromatic carbocycles. The first-order valence-corrected chi connectivity index (χ1v) is 7.06. The number of rotatable bonds is 2. The number of pyridine rings is 1. The van der Waals surface area contributed by atoms with Crippen LogP contribution >= 0.6 is 33.3 Å². The summed E-state index contributed by atoms with van der Waals surface area (Å²) in [6.07, 6.45) is -5.00. The summed E-state index contributed by atoms with van der Waals surface area (Å²) < 4.78 is 61.2. The number of nitrogen functional groups attached to an aromatic ring is 1. The number of hydrogen-bond acceptors (Lipinski definition) is 5. The molecular formula is C6H3ClF3IN2O3S. The second kappa shape index (κ2) is 4.65. The number of nitrogens with zero attached hydrogens (tertiary/aromatic N) is 1. The molecule has 0 saturated heterocycles. The van der Waals surface area contributed by atoms with Gasteiger partial charge in [-0.15, -0.1) is 13.2 Å². The lowest BCUT2D eigenvalue weighted by Crippen LogP contribution is -2.19. The zero-order chi connectivity index (χ0) is 13.4. The Hall–Kier alpha value is -0.490. The van der Waals surface area contributed by atoms with Crippen LogP contribution in [-0.2, 0) is 9.05 Å². The Labute approximate surface area is 112 Å². The topological polar surface area (TPSA) is 82.3 Å². The fourth-order valence-electron chi connectivity index (χ4n) is 0.834. The van der Waals surface area contributed by atoms with Gasteiger partial charge < -0.3 is 10.5 Å². The van der Waals surface area contributed by atoms with E-state index in [1.54, 1.807) is 0 Å². The first-order valence-electron chi connectivity index (χ1n) is 3.67. The molecule has 0 unspecified atom stereocenters. The van der Waals surface area contributed by atoms with Gasteiger partial charge in [-0.3, -0.25) is 0 Å². The minimum Gasteiger partial charge on any atom is -0.398 e. The number of ether oxygens (including phenoxy) is 1. The quantitative estimate of drug-likeness (QED) is 0.605. The Kier molecular flexibility index (Phi) is 3.98. The first-order chi connectivity index (χ1) is 7.50. The summed E-state index contributed by atoms with van der Waals surface area (Å²) in [7, 11) is 0.684. The molecule has 17 heavy (non-hydrogen) atoms. The van der Waals surface area contributed by atoms with E-state index < -0.39 is 26.3 Å². The number of alkyl halides is 3. The lowest BCUT2D eigenvalue weighted by molar-refractivity contribution is -0.276. The third-order valence-corrected chi connectivity index (χ3v) is 4.08. The van der Waals surface area contributed by atoms with E-state index in [0.29, 0.717) is 0 Å². The average Bonchev–Trinajstić information content (AvgIpc) is 2.06. The lowest BCUT2D eigenvalue weighted by Gasteiger charge is -2.10. The second-order valence-electron chi connectivity index (χ2n) is 2.65. The predicted octanol–water partition coefficient (Wildman–Crippen LogP) is 2.09. The summed E-state index contributed by atoms with van der Waals surface area (Å²) in [5.74, 6) is -0.991. The number of anilines is 1. The Morgan fingerprint density at radius 3 is 2.41 bits per heavy atom. The van der Waals surface area contributed by atoms with Crippen LogP contribution in [0, 0.1) is 3.57 Å². The third kappa shape index (κ3) is 4.03. The standard InChI is InChI=1S/C6H3ClF3IN2O3S/c7-17(14,15)5-4(11)2(12)1-3(13-5)16-6(8,9)10/h1H,(H2,12,13). The summed E-state index contributed by atoms with van der Waals surface area (Å²) >= 11 is 1.50. The van der Waals surface area contributed by atoms with Crippen molar-refractivity contribution in [3.63, 3.8) is 0 Å². The average molecular weight is 403 g/mol. The second-order valence-corrected chi connectivity index (χ2v) is 6.21. The van der Waals surface area contributed by atoms with Crippen molar-refractivity contribution in [1.29, 1.82) is 0 Å². The van der Waals surface area contributed by atoms with Gasteiger partial charge >= 0.3 is 6.36 Å². The van der Waals surface area contributed by atoms with Gasteiger partial charge in [0.15, 0.2) is 5.03 Å². The van der Waals surface area contributed by atoms with E-state index >= 15 is 0 Å². The summed E-state index contributed by atoms with van der Waals surface area (Å²) in [6, 6.07) is 0.751. The Morgan fingerprint density at radius 1 is 1.47 bits per heavy atom. The van der Waals surface area contributed by atoms with Crippen molar-refractivity contribution in [1.82, 2.24) is 4.98 Å². The fourth-order valence-corrected chi connectivity index (χ4v) is 3.24. The van der Waals surface area contributed by atoms with E-state index in [1.807, 2.05) is 0 Å². The van der Waals surface area contributed by atoms with Crippen molar-refractivity contribution >= 4 is 48.0 Å². The molecule has 0 aliphatic carbocycles. The highest BCUT2D eigenvalue weighted by molar-refractivity contribution is 14.1. The molecule has 0 saturated carbocycles. The van der Waals surface area contributed by atoms with Gasteiger partial charge in [0.25, 0.3) is 9.05 Å². The van der Waals surface area contributed by atoms with Crippen molar-refractivity contribution < 1.29 is 26.3 Å². The van der Waals surface area contributed by atoms with Crippen LogP contribution < -0.4 is 10.5 Å². The number of aromatic nitrogens is 1. The van der Waals surface area contributed by atoms with Crippen LogP contribution in [0.15, 0.2) is 11.1 Å². The smallest absolute Gasteiger partial charge is 0.398 e. The van der Waals surface area contributed by atoms with Gasteiger partial charge in [0, 0.05) is 16.7 Å². The van der Waals surface area contributed by atoms with E-state index in [0.717, 1.165) is 6.07 Å². The molecule has 0 fully saturated rings. The lowest BCUT2D eigenvalue weighted by atomic mass is 10.4. The zero-order valence-electron chi connectivity index (χ0n) is 7.62. The molecule has 0 amide bonds. The summed E-state index contributed by atoms with van der Waals surface area (Å²) in [6.45, 7) is 0. The molecule has 0 atom stereocenters. The first kappa shape index (κ1) is 14.6. The molecule has 96 valence electrons. The number of nitrogens with two attached hydrogens (primary N) is 1.